The summed E-state index contributed by atoms with van der Waals surface area (Å²) >= 11 is 0. The minimum atomic E-state index is -3.20. The van der Waals surface area contributed by atoms with Crippen LogP contribution in [0.15, 0.2) is 53.9 Å². The van der Waals surface area contributed by atoms with Crippen LogP contribution in [-0.2, 0) is 16.4 Å². The maximum atomic E-state index is 12.5. The number of anilines is 1. The normalized spacial score (nSPS) is 14.3. The first-order valence-electron chi connectivity index (χ1n) is 8.86. The van der Waals surface area contributed by atoms with E-state index in [1.165, 1.54) is 6.08 Å². The Morgan fingerprint density at radius 2 is 1.93 bits per heavy atom. The summed E-state index contributed by atoms with van der Waals surface area (Å²) in [5, 5.41) is 7.05. The van der Waals surface area contributed by atoms with Crippen molar-refractivity contribution in [3.05, 3.63) is 70.8 Å². The summed E-state index contributed by atoms with van der Waals surface area (Å²) in [7, 11) is -3.20. The molecule has 1 heterocycles. The summed E-state index contributed by atoms with van der Waals surface area (Å²) in [6, 6.07) is 13.6. The van der Waals surface area contributed by atoms with Crippen LogP contribution in [0.5, 0.6) is 0 Å². The van der Waals surface area contributed by atoms with E-state index in [1.54, 1.807) is 6.07 Å². The van der Waals surface area contributed by atoms with Gasteiger partial charge >= 0.3 is 0 Å². The van der Waals surface area contributed by atoms with E-state index in [4.69, 9.17) is 0 Å². The van der Waals surface area contributed by atoms with Crippen molar-refractivity contribution >= 4 is 21.6 Å². The zero-order valence-electron chi connectivity index (χ0n) is 15.2. The molecule has 1 aliphatic carbocycles. The first-order valence-corrected chi connectivity index (χ1v) is 10.8. The van der Waals surface area contributed by atoms with Crippen molar-refractivity contribution in [3.8, 4) is 0 Å². The van der Waals surface area contributed by atoms with Gasteiger partial charge in [0, 0.05) is 36.4 Å². The number of pyridine rings is 1. The lowest BCUT2D eigenvalue weighted by Gasteiger charge is -2.13. The van der Waals surface area contributed by atoms with Gasteiger partial charge in [-0.25, -0.2) is 13.4 Å². The molecule has 6 nitrogen and oxygen atoms in total. The summed E-state index contributed by atoms with van der Waals surface area (Å²) in [5.41, 5.74) is 2.54. The Hall–Kier alpha value is -2.67. The molecule has 1 aliphatic rings. The fourth-order valence-corrected chi connectivity index (χ4v) is 3.10. The molecule has 0 aliphatic heterocycles. The van der Waals surface area contributed by atoms with Crippen LogP contribution in [0, 0.1) is 0 Å². The first kappa shape index (κ1) is 19.1. The number of nitrogens with zero attached hydrogens (tertiary/aromatic N) is 1. The van der Waals surface area contributed by atoms with Gasteiger partial charge in [-0.05, 0) is 30.5 Å². The maximum absolute atomic E-state index is 12.5. The monoisotopic (exact) mass is 385 g/mol. The summed E-state index contributed by atoms with van der Waals surface area (Å²) in [5.74, 6) is 0.739. The summed E-state index contributed by atoms with van der Waals surface area (Å²) in [6.45, 7) is 0.699. The van der Waals surface area contributed by atoms with E-state index in [1.807, 2.05) is 36.4 Å². The number of aromatic nitrogens is 1. The van der Waals surface area contributed by atoms with Crippen LogP contribution in [0.4, 0.5) is 5.82 Å². The molecular weight excluding hydrogens is 362 g/mol. The second kappa shape index (κ2) is 8.35. The van der Waals surface area contributed by atoms with E-state index in [0.29, 0.717) is 23.8 Å². The molecule has 0 radical (unpaired) electrons. The van der Waals surface area contributed by atoms with Crippen LogP contribution in [-0.4, -0.2) is 32.1 Å². The molecule has 0 saturated heterocycles. The zero-order chi connectivity index (χ0) is 19.3. The Morgan fingerprint density at radius 3 is 2.59 bits per heavy atom. The summed E-state index contributed by atoms with van der Waals surface area (Å²) < 4.78 is 22.2. The Labute approximate surface area is 159 Å². The average molecular weight is 385 g/mol. The van der Waals surface area contributed by atoms with E-state index in [-0.39, 0.29) is 12.5 Å². The Morgan fingerprint density at radius 1 is 1.19 bits per heavy atom. The van der Waals surface area contributed by atoms with Gasteiger partial charge in [0.15, 0.2) is 9.84 Å². The molecule has 3 rings (SSSR count). The smallest absolute Gasteiger partial charge is 0.255 e. The van der Waals surface area contributed by atoms with Gasteiger partial charge in [-0.3, -0.25) is 4.79 Å². The molecule has 0 spiro atoms. The molecule has 2 aromatic rings. The second-order valence-electron chi connectivity index (χ2n) is 6.66. The fraction of sp³-hybridized carbons (Fsp3) is 0.300. The van der Waals surface area contributed by atoms with Gasteiger partial charge in [0.05, 0.1) is 5.56 Å². The second-order valence-corrected chi connectivity index (χ2v) is 8.59. The van der Waals surface area contributed by atoms with Crippen LogP contribution in [0.25, 0.3) is 0 Å². The SMILES string of the molecule is CS(=O)(=O)/C=C/CNC(=O)c1ccc(C2CC2)nc1NCc1ccccc1. The largest absolute Gasteiger partial charge is 0.365 e. The van der Waals surface area contributed by atoms with Crippen LogP contribution in [0.3, 0.4) is 0 Å². The molecule has 1 aromatic heterocycles. The van der Waals surface area contributed by atoms with Gasteiger partial charge in [0.25, 0.3) is 5.91 Å². The van der Waals surface area contributed by atoms with E-state index >= 15 is 0 Å². The number of carbonyl (C=O) groups excluding carboxylic acids is 1. The van der Waals surface area contributed by atoms with Crippen molar-refractivity contribution in [3.63, 3.8) is 0 Å². The minimum Gasteiger partial charge on any atom is -0.365 e. The third kappa shape index (κ3) is 5.92. The number of carbonyl (C=O) groups is 1. The van der Waals surface area contributed by atoms with Crippen molar-refractivity contribution in [2.24, 2.45) is 0 Å². The highest BCUT2D eigenvalue weighted by Crippen LogP contribution is 2.39. The zero-order valence-corrected chi connectivity index (χ0v) is 16.0. The highest BCUT2D eigenvalue weighted by atomic mass is 32.2. The number of hydrogen-bond acceptors (Lipinski definition) is 5. The topological polar surface area (TPSA) is 88.2 Å². The van der Waals surface area contributed by atoms with Crippen LogP contribution in [0.1, 0.15) is 40.4 Å². The molecule has 1 saturated carbocycles. The molecule has 0 bridgehead atoms. The fourth-order valence-electron chi connectivity index (χ4n) is 2.65. The minimum absolute atomic E-state index is 0.133. The van der Waals surface area contributed by atoms with Crippen LogP contribution >= 0.6 is 0 Å². The van der Waals surface area contributed by atoms with Gasteiger partial charge in [0.2, 0.25) is 0 Å². The van der Waals surface area contributed by atoms with E-state index in [0.717, 1.165) is 35.8 Å². The standard InChI is InChI=1S/C20H23N3O3S/c1-27(25,26)13-5-12-21-20(24)17-10-11-18(16-8-9-16)23-19(17)22-14-15-6-3-2-4-7-15/h2-7,10-11,13,16H,8-9,12,14H2,1H3,(H,21,24)(H,22,23)/b13-5+. The lowest BCUT2D eigenvalue weighted by molar-refractivity contribution is 0.0958. The number of sulfone groups is 1. The maximum Gasteiger partial charge on any atom is 0.255 e. The third-order valence-electron chi connectivity index (χ3n) is 4.18. The van der Waals surface area contributed by atoms with Crippen LogP contribution < -0.4 is 10.6 Å². The van der Waals surface area contributed by atoms with E-state index in [2.05, 4.69) is 15.6 Å². The molecule has 2 N–H and O–H groups in total. The van der Waals surface area contributed by atoms with E-state index in [9.17, 15) is 13.2 Å². The molecule has 142 valence electrons. The number of amides is 1. The molecule has 1 fully saturated rings. The average Bonchev–Trinajstić information content (AvgIpc) is 3.48. The van der Waals surface area contributed by atoms with Gasteiger partial charge in [0.1, 0.15) is 5.82 Å². The third-order valence-corrected chi connectivity index (χ3v) is 4.87. The van der Waals surface area contributed by atoms with Crippen molar-refractivity contribution in [2.75, 3.05) is 18.1 Å². The Bertz CT molecular complexity index is 936. The molecule has 1 aromatic carbocycles. The van der Waals surface area contributed by atoms with E-state index < -0.39 is 9.84 Å². The molecule has 0 unspecified atom stereocenters. The quantitative estimate of drug-likeness (QED) is 0.729. The number of nitrogens with one attached hydrogen (secondary N) is 2. The summed E-state index contributed by atoms with van der Waals surface area (Å²) in [4.78, 5) is 17.2. The molecule has 7 heteroatoms. The predicted molar refractivity (Wildman–Crippen MR) is 106 cm³/mol. The molecule has 0 atom stereocenters. The predicted octanol–water partition coefficient (Wildman–Crippen LogP) is 2.86. The lowest BCUT2D eigenvalue weighted by Crippen LogP contribution is -2.25. The van der Waals surface area contributed by atoms with Crippen molar-refractivity contribution in [2.45, 2.75) is 25.3 Å². The molecular formula is C20H23N3O3S. The van der Waals surface area contributed by atoms with Crippen molar-refractivity contribution in [1.82, 2.24) is 10.3 Å². The van der Waals surface area contributed by atoms with Gasteiger partial charge in [-0.1, -0.05) is 36.4 Å². The molecule has 1 amide bonds. The van der Waals surface area contributed by atoms with Crippen molar-refractivity contribution < 1.29 is 13.2 Å². The number of benzene rings is 1. The van der Waals surface area contributed by atoms with Crippen LogP contribution in [0.2, 0.25) is 0 Å². The highest BCUT2D eigenvalue weighted by Gasteiger charge is 2.26. The first-order chi connectivity index (χ1) is 12.9. The van der Waals surface area contributed by atoms with Gasteiger partial charge in [-0.2, -0.15) is 0 Å². The Balaban J connectivity index is 1.72. The number of hydrogen-bond donors (Lipinski definition) is 2. The number of rotatable bonds is 8. The summed E-state index contributed by atoms with van der Waals surface area (Å²) in [6.07, 6.45) is 4.79. The lowest BCUT2D eigenvalue weighted by atomic mass is 10.1. The van der Waals surface area contributed by atoms with Crippen molar-refractivity contribution in [1.29, 1.82) is 0 Å². The molecule has 27 heavy (non-hydrogen) atoms. The van der Waals surface area contributed by atoms with Gasteiger partial charge in [-0.15, -0.1) is 0 Å². The van der Waals surface area contributed by atoms with Gasteiger partial charge < -0.3 is 10.6 Å². The highest BCUT2D eigenvalue weighted by molar-refractivity contribution is 7.93. The Kier molecular flexibility index (Phi) is 5.91.